The highest BCUT2D eigenvalue weighted by atomic mass is 32.1. The van der Waals surface area contributed by atoms with Crippen molar-refractivity contribution in [2.75, 3.05) is 12.3 Å². The molecule has 10 amide bonds. The number of aromatic amines is 2. The number of thiol groups is 1. The van der Waals surface area contributed by atoms with Crippen molar-refractivity contribution in [3.05, 3.63) is 90.1 Å². The second-order valence-electron chi connectivity index (χ2n) is 18.9. The molecule has 25 heteroatoms. The first-order valence-electron chi connectivity index (χ1n) is 24.5. The molecule has 0 fully saturated rings. The lowest BCUT2D eigenvalue weighted by atomic mass is 10.0. The molecule has 0 aliphatic carbocycles. The minimum absolute atomic E-state index is 0.0838. The monoisotopic (exact) mass is 1060 g/mol. The summed E-state index contributed by atoms with van der Waals surface area (Å²) in [7, 11) is 0. The molecular formula is C50H70N14O10S. The number of nitrogens with two attached hydrogens (primary N) is 3. The molecule has 0 saturated carbocycles. The first-order valence-corrected chi connectivity index (χ1v) is 25.1. The number of primary amides is 2. The summed E-state index contributed by atoms with van der Waals surface area (Å²) in [4.78, 5) is 143. The highest BCUT2D eigenvalue weighted by Crippen LogP contribution is 2.20. The molecule has 0 aliphatic rings. The summed E-state index contributed by atoms with van der Waals surface area (Å²) in [5.41, 5.74) is 19.6. The Labute approximate surface area is 439 Å². The summed E-state index contributed by atoms with van der Waals surface area (Å²) in [5, 5.41) is 21.4. The fourth-order valence-electron chi connectivity index (χ4n) is 7.79. The zero-order valence-electron chi connectivity index (χ0n) is 42.6. The first-order chi connectivity index (χ1) is 35.6. The Kier molecular flexibility index (Phi) is 23.3. The van der Waals surface area contributed by atoms with E-state index in [0.717, 1.165) is 16.5 Å². The Bertz CT molecular complexity index is 2610. The molecule has 16 N–H and O–H groups in total. The van der Waals surface area contributed by atoms with E-state index in [0.29, 0.717) is 11.3 Å². The number of carbonyl (C=O) groups is 10. The summed E-state index contributed by atoms with van der Waals surface area (Å²) in [6, 6.07) is 6.38. The molecule has 2 aromatic carbocycles. The summed E-state index contributed by atoms with van der Waals surface area (Å²) >= 11 is 4.06. The van der Waals surface area contributed by atoms with Crippen molar-refractivity contribution in [1.82, 2.24) is 57.5 Å². The van der Waals surface area contributed by atoms with Gasteiger partial charge in [-0.1, -0.05) is 76.2 Å². The van der Waals surface area contributed by atoms with Crippen LogP contribution in [0.15, 0.2) is 73.3 Å². The number of carbonyl (C=O) groups excluding carboxylic acids is 10. The highest BCUT2D eigenvalue weighted by molar-refractivity contribution is 7.80. The molecule has 8 atom stereocenters. The van der Waals surface area contributed by atoms with E-state index >= 15 is 0 Å². The summed E-state index contributed by atoms with van der Waals surface area (Å²) in [5.74, 6) is -8.44. The van der Waals surface area contributed by atoms with Gasteiger partial charge in [0, 0.05) is 54.0 Å². The van der Waals surface area contributed by atoms with Crippen molar-refractivity contribution in [2.45, 2.75) is 121 Å². The van der Waals surface area contributed by atoms with Gasteiger partial charge in [0.15, 0.2) is 0 Å². The molecular weight excluding hydrogens is 989 g/mol. The maximum Gasteiger partial charge on any atom is 0.243 e. The lowest BCUT2D eigenvalue weighted by molar-refractivity contribution is -0.135. The number of imidazole rings is 1. The van der Waals surface area contributed by atoms with Crippen molar-refractivity contribution in [2.24, 2.45) is 29.0 Å². The minimum Gasteiger partial charge on any atom is -0.370 e. The molecule has 0 bridgehead atoms. The number of rotatable bonds is 30. The number of para-hydroxylation sites is 1. The van der Waals surface area contributed by atoms with Crippen LogP contribution in [0.25, 0.3) is 10.9 Å². The Morgan fingerprint density at radius 2 is 1.23 bits per heavy atom. The smallest absolute Gasteiger partial charge is 0.243 e. The van der Waals surface area contributed by atoms with E-state index < -0.39 is 120 Å². The molecule has 0 spiro atoms. The average Bonchev–Trinajstić information content (AvgIpc) is 4.04. The SMILES string of the molecule is CC(C)C[C@H](NC(=O)[C@H](Cc1cnc[nH]1)NC(=O)CNC(=O)[C@@H](NC(=O)[C@H](C)NC(=O)[C@H](Cc1c[nH]c2ccccc12)NC(=O)[C@H](CCC(N)=O)NC(=O)[C@H](N)Cc1ccccc1)C(C)C)C(=O)N[C@@H](CS)C(N)=O. The molecule has 0 saturated heterocycles. The van der Waals surface area contributed by atoms with Crippen molar-refractivity contribution in [1.29, 1.82) is 0 Å². The maximum atomic E-state index is 14.2. The third-order valence-corrected chi connectivity index (χ3v) is 12.3. The van der Waals surface area contributed by atoms with Gasteiger partial charge in [-0.2, -0.15) is 12.6 Å². The van der Waals surface area contributed by atoms with Crippen LogP contribution in [-0.4, -0.2) is 135 Å². The van der Waals surface area contributed by atoms with Crippen LogP contribution in [0.5, 0.6) is 0 Å². The quantitative estimate of drug-likeness (QED) is 0.0256. The van der Waals surface area contributed by atoms with Crippen LogP contribution >= 0.6 is 12.6 Å². The molecule has 24 nitrogen and oxygen atoms in total. The normalized spacial score (nSPS) is 14.4. The maximum absolute atomic E-state index is 14.2. The number of H-pyrrole nitrogens is 2. The number of aromatic nitrogens is 3. The molecule has 0 aliphatic heterocycles. The number of amides is 10. The molecule has 75 heavy (non-hydrogen) atoms. The number of nitrogens with one attached hydrogen (secondary N) is 10. The number of hydrogen-bond acceptors (Lipinski definition) is 13. The van der Waals surface area contributed by atoms with Gasteiger partial charge in [-0.05, 0) is 55.2 Å². The number of nitrogens with zero attached hydrogens (tertiary/aromatic N) is 1. The van der Waals surface area contributed by atoms with Crippen LogP contribution in [0.3, 0.4) is 0 Å². The van der Waals surface area contributed by atoms with Gasteiger partial charge in [0.1, 0.15) is 42.3 Å². The van der Waals surface area contributed by atoms with E-state index in [1.165, 1.54) is 19.4 Å². The minimum atomic E-state index is -1.36. The van der Waals surface area contributed by atoms with Gasteiger partial charge in [-0.15, -0.1) is 0 Å². The summed E-state index contributed by atoms with van der Waals surface area (Å²) in [6.07, 6.45) is 4.09. The van der Waals surface area contributed by atoms with Crippen molar-refractivity contribution in [3.8, 4) is 0 Å². The lowest BCUT2D eigenvalue weighted by Gasteiger charge is -2.27. The van der Waals surface area contributed by atoms with Gasteiger partial charge in [0.25, 0.3) is 0 Å². The van der Waals surface area contributed by atoms with E-state index in [9.17, 15) is 47.9 Å². The fraction of sp³-hybridized carbons (Fsp3) is 0.460. The number of benzene rings is 2. The van der Waals surface area contributed by atoms with Crippen molar-refractivity contribution in [3.63, 3.8) is 0 Å². The Morgan fingerprint density at radius 1 is 0.627 bits per heavy atom. The lowest BCUT2D eigenvalue weighted by Crippen LogP contribution is -2.59. The Hall–Kier alpha value is -7.80. The topological polar surface area (TPSA) is 389 Å². The highest BCUT2D eigenvalue weighted by Gasteiger charge is 2.34. The van der Waals surface area contributed by atoms with Crippen LogP contribution in [0.2, 0.25) is 0 Å². The first kappa shape index (κ1) is 59.8. The predicted molar refractivity (Wildman–Crippen MR) is 280 cm³/mol. The largest absolute Gasteiger partial charge is 0.370 e. The second-order valence-corrected chi connectivity index (χ2v) is 19.3. The van der Waals surface area contributed by atoms with Gasteiger partial charge in [-0.3, -0.25) is 47.9 Å². The predicted octanol–water partition coefficient (Wildman–Crippen LogP) is -1.84. The van der Waals surface area contributed by atoms with Crippen LogP contribution < -0.4 is 59.7 Å². The van der Waals surface area contributed by atoms with E-state index in [-0.39, 0.29) is 50.2 Å². The third kappa shape index (κ3) is 19.2. The van der Waals surface area contributed by atoms with Gasteiger partial charge < -0.3 is 69.7 Å². The fourth-order valence-corrected chi connectivity index (χ4v) is 8.06. The third-order valence-electron chi connectivity index (χ3n) is 11.9. The molecule has 406 valence electrons. The number of hydrogen-bond donors (Lipinski definition) is 14. The zero-order chi connectivity index (χ0) is 55.4. The average molecular weight is 1060 g/mol. The number of fused-ring (bicyclic) bond motifs is 1. The van der Waals surface area contributed by atoms with Gasteiger partial charge >= 0.3 is 0 Å². The van der Waals surface area contributed by atoms with Crippen molar-refractivity contribution < 1.29 is 47.9 Å². The van der Waals surface area contributed by atoms with Crippen LogP contribution in [-0.2, 0) is 67.2 Å². The molecule has 2 heterocycles. The van der Waals surface area contributed by atoms with Crippen LogP contribution in [0.1, 0.15) is 70.7 Å². The zero-order valence-corrected chi connectivity index (χ0v) is 43.5. The Morgan fingerprint density at radius 3 is 1.85 bits per heavy atom. The molecule has 0 radical (unpaired) electrons. The van der Waals surface area contributed by atoms with Crippen LogP contribution in [0, 0.1) is 11.8 Å². The van der Waals surface area contributed by atoms with Crippen molar-refractivity contribution >= 4 is 82.6 Å². The molecule has 4 aromatic rings. The molecule has 2 aromatic heterocycles. The molecule has 0 unspecified atom stereocenters. The van der Waals surface area contributed by atoms with E-state index in [1.54, 1.807) is 50.4 Å². The van der Waals surface area contributed by atoms with E-state index in [2.05, 4.69) is 70.1 Å². The van der Waals surface area contributed by atoms with Crippen LogP contribution in [0.4, 0.5) is 0 Å². The van der Waals surface area contributed by atoms with Gasteiger partial charge in [-0.25, -0.2) is 4.98 Å². The van der Waals surface area contributed by atoms with E-state index in [1.807, 2.05) is 38.1 Å². The van der Waals surface area contributed by atoms with Gasteiger partial charge in [0.05, 0.1) is 18.9 Å². The summed E-state index contributed by atoms with van der Waals surface area (Å²) < 4.78 is 0. The second kappa shape index (κ2) is 29.2. The standard InChI is InChI=1S/C50H70N14O10S/c1-26(2)17-36(48(72)63-39(24-75)43(53)67)61-49(73)38(20-31-22-54-25-57-31)59-41(66)23-56-50(74)42(27(3)4)64-44(68)28(5)58-47(71)37(19-30-21-55-34-14-10-9-13-32(30)34)62-46(70)35(15-16-40(52)65)60-45(69)33(51)18-29-11-7-6-8-12-29/h6-14,21-22,25-28,33,35-39,42,55,75H,15-20,23-24,51H2,1-5H3,(H2,52,65)(H2,53,67)(H,54,57)(H,56,74)(H,58,71)(H,59,66)(H,60,69)(H,61,73)(H,62,70)(H,63,72)(H,64,68)/t28-,33+,35-,36-,37-,38-,39-,42-/m0/s1. The summed E-state index contributed by atoms with van der Waals surface area (Å²) in [6.45, 7) is 7.63. The van der Waals surface area contributed by atoms with Gasteiger partial charge in [0.2, 0.25) is 59.1 Å². The van der Waals surface area contributed by atoms with E-state index in [4.69, 9.17) is 17.2 Å². The Balaban J connectivity index is 1.45. The molecule has 4 rings (SSSR count).